The van der Waals surface area contributed by atoms with Gasteiger partial charge in [0.1, 0.15) is 23.4 Å². The normalized spacial score (nSPS) is 18.0. The molecule has 0 unspecified atom stereocenters. The van der Waals surface area contributed by atoms with Crippen LogP contribution in [0.25, 0.3) is 10.8 Å². The summed E-state index contributed by atoms with van der Waals surface area (Å²) in [6, 6.07) is 3.94. The van der Waals surface area contributed by atoms with E-state index in [4.69, 9.17) is 11.6 Å². The van der Waals surface area contributed by atoms with E-state index in [1.165, 1.54) is 24.1 Å². The first-order chi connectivity index (χ1) is 14.7. The predicted molar refractivity (Wildman–Crippen MR) is 112 cm³/mol. The molecule has 1 aromatic heterocycles. The van der Waals surface area contributed by atoms with Gasteiger partial charge in [0.15, 0.2) is 11.6 Å². The van der Waals surface area contributed by atoms with E-state index in [1.54, 1.807) is 0 Å². The van der Waals surface area contributed by atoms with Crippen LogP contribution in [0.15, 0.2) is 35.1 Å². The van der Waals surface area contributed by atoms with Crippen molar-refractivity contribution in [1.82, 2.24) is 9.88 Å². The van der Waals surface area contributed by atoms with Gasteiger partial charge in [-0.25, -0.2) is 18.0 Å². The number of hydrogen-bond acceptors (Lipinski definition) is 3. The molecule has 0 saturated heterocycles. The van der Waals surface area contributed by atoms with Gasteiger partial charge in [0.2, 0.25) is 0 Å². The fourth-order valence-corrected chi connectivity index (χ4v) is 5.19. The molecular formula is C20H15ClF3N3O3S. The highest BCUT2D eigenvalue weighted by Crippen LogP contribution is 2.36. The van der Waals surface area contributed by atoms with Crippen LogP contribution in [0, 0.1) is 17.5 Å². The van der Waals surface area contributed by atoms with Crippen LogP contribution in [0.5, 0.6) is 0 Å². The molecule has 2 amide bonds. The highest BCUT2D eigenvalue weighted by atomic mass is 35.5. The minimum atomic E-state index is -1.41. The Kier molecular flexibility index (Phi) is 5.63. The van der Waals surface area contributed by atoms with Crippen LogP contribution in [0.2, 0.25) is 5.02 Å². The lowest BCUT2D eigenvalue weighted by atomic mass is 9.97. The number of aromatic nitrogens is 1. The minimum absolute atomic E-state index is 0.0129. The van der Waals surface area contributed by atoms with Crippen LogP contribution in [0.3, 0.4) is 0 Å². The Hall–Kier alpha value is -2.69. The molecule has 0 radical (unpaired) electrons. The molecule has 1 aliphatic rings. The predicted octanol–water partition coefficient (Wildman–Crippen LogP) is 4.07. The van der Waals surface area contributed by atoms with Crippen LogP contribution in [-0.4, -0.2) is 33.3 Å². The molecule has 1 aliphatic heterocycles. The number of pyridine rings is 1. The van der Waals surface area contributed by atoms with Gasteiger partial charge in [-0.05, 0) is 46.9 Å². The fourth-order valence-electron chi connectivity index (χ4n) is 3.60. The average molecular weight is 470 g/mol. The zero-order valence-corrected chi connectivity index (χ0v) is 17.5. The lowest BCUT2D eigenvalue weighted by molar-refractivity contribution is 0.208. The molecule has 4 rings (SSSR count). The summed E-state index contributed by atoms with van der Waals surface area (Å²) in [5.41, 5.74) is 0.281. The third-order valence-corrected chi connectivity index (χ3v) is 6.71. The van der Waals surface area contributed by atoms with Crippen molar-refractivity contribution in [1.29, 1.82) is 0 Å². The van der Waals surface area contributed by atoms with E-state index in [9.17, 15) is 27.3 Å². The van der Waals surface area contributed by atoms with Crippen molar-refractivity contribution in [3.63, 3.8) is 0 Å². The molecule has 3 aromatic rings. The molecular weight excluding hydrogens is 455 g/mol. The number of amides is 2. The smallest absolute Gasteiger partial charge is 0.322 e. The number of aromatic amines is 1. The van der Waals surface area contributed by atoms with Crippen molar-refractivity contribution in [3.05, 3.63) is 74.4 Å². The van der Waals surface area contributed by atoms with Crippen LogP contribution in [0.1, 0.15) is 17.3 Å². The molecule has 0 spiro atoms. The highest BCUT2D eigenvalue weighted by Gasteiger charge is 2.36. The highest BCUT2D eigenvalue weighted by molar-refractivity contribution is 7.90. The van der Waals surface area contributed by atoms with E-state index in [0.29, 0.717) is 11.3 Å². The summed E-state index contributed by atoms with van der Waals surface area (Å²) >= 11 is 4.33. The molecule has 2 atom stereocenters. The number of anilines is 1. The number of nitrogens with zero attached hydrogens (tertiary/aromatic N) is 1. The van der Waals surface area contributed by atoms with E-state index >= 15 is 0 Å². The zero-order valence-electron chi connectivity index (χ0n) is 16.0. The number of urea groups is 1. The second kappa shape index (κ2) is 8.10. The number of hydrogen-bond donors (Lipinski definition) is 2. The maximum atomic E-state index is 14.0. The van der Waals surface area contributed by atoms with Gasteiger partial charge in [0.05, 0.1) is 16.1 Å². The van der Waals surface area contributed by atoms with Crippen molar-refractivity contribution in [2.24, 2.45) is 0 Å². The number of nitrogens with one attached hydrogen (secondary N) is 2. The van der Waals surface area contributed by atoms with Crippen molar-refractivity contribution < 1.29 is 22.5 Å². The minimum Gasteiger partial charge on any atom is -0.616 e. The molecule has 11 heteroatoms. The van der Waals surface area contributed by atoms with Crippen molar-refractivity contribution >= 4 is 45.3 Å². The SMILES string of the molecule is CN(C(=O)Nc1ccc(F)c(Cl)c1)[C@@H]1C[S@@+]([O-])Cc2[nH]c(=O)c3cc(F)c(F)cc3c21. The first kappa shape index (κ1) is 21.5. The maximum absolute atomic E-state index is 14.0. The molecule has 0 bridgehead atoms. The Morgan fingerprint density at radius 1 is 1.19 bits per heavy atom. The first-order valence-corrected chi connectivity index (χ1v) is 10.9. The third-order valence-electron chi connectivity index (χ3n) is 5.13. The number of fused-ring (bicyclic) bond motifs is 3. The topological polar surface area (TPSA) is 88.3 Å². The summed E-state index contributed by atoms with van der Waals surface area (Å²) in [6.45, 7) is 0. The van der Waals surface area contributed by atoms with Gasteiger partial charge in [-0.3, -0.25) is 4.79 Å². The molecule has 31 heavy (non-hydrogen) atoms. The molecule has 0 aliphatic carbocycles. The van der Waals surface area contributed by atoms with Gasteiger partial charge in [-0.15, -0.1) is 0 Å². The summed E-state index contributed by atoms with van der Waals surface area (Å²) in [7, 11) is 1.44. The van der Waals surface area contributed by atoms with Crippen LogP contribution in [0.4, 0.5) is 23.7 Å². The average Bonchev–Trinajstić information content (AvgIpc) is 2.71. The molecule has 162 valence electrons. The Morgan fingerprint density at radius 3 is 2.55 bits per heavy atom. The van der Waals surface area contributed by atoms with E-state index in [2.05, 4.69) is 10.3 Å². The molecule has 0 fully saturated rings. The van der Waals surface area contributed by atoms with Crippen molar-refractivity contribution in [3.8, 4) is 0 Å². The molecule has 2 heterocycles. The van der Waals surface area contributed by atoms with Crippen LogP contribution in [-0.2, 0) is 16.9 Å². The van der Waals surface area contributed by atoms with Gasteiger partial charge >= 0.3 is 6.03 Å². The largest absolute Gasteiger partial charge is 0.616 e. The lowest BCUT2D eigenvalue weighted by Crippen LogP contribution is -2.41. The second-order valence-electron chi connectivity index (χ2n) is 7.09. The number of H-pyrrole nitrogens is 1. The Bertz CT molecular complexity index is 1270. The van der Waals surface area contributed by atoms with Gasteiger partial charge < -0.3 is 19.8 Å². The van der Waals surface area contributed by atoms with Gasteiger partial charge in [0, 0.05) is 18.3 Å². The zero-order chi connectivity index (χ0) is 22.4. The fraction of sp³-hybridized carbons (Fsp3) is 0.200. The molecule has 2 aromatic carbocycles. The number of carbonyl (C=O) groups excluding carboxylic acids is 1. The van der Waals surface area contributed by atoms with E-state index in [-0.39, 0.29) is 33.0 Å². The van der Waals surface area contributed by atoms with Crippen molar-refractivity contribution in [2.45, 2.75) is 11.8 Å². The maximum Gasteiger partial charge on any atom is 0.322 e. The van der Waals surface area contributed by atoms with Gasteiger partial charge in [0.25, 0.3) is 5.56 Å². The van der Waals surface area contributed by atoms with Crippen LogP contribution >= 0.6 is 11.6 Å². The first-order valence-electron chi connectivity index (χ1n) is 9.03. The lowest BCUT2D eigenvalue weighted by Gasteiger charge is -2.34. The van der Waals surface area contributed by atoms with E-state index in [0.717, 1.165) is 18.2 Å². The van der Waals surface area contributed by atoms with Gasteiger partial charge in [-0.1, -0.05) is 11.6 Å². The summed E-state index contributed by atoms with van der Waals surface area (Å²) < 4.78 is 53.5. The molecule has 0 saturated carbocycles. The number of rotatable bonds is 2. The standard InChI is InChI=1S/C20H15ClF3N3O3S/c1-27(20(29)25-9-2-3-13(22)12(21)4-9)17-8-31(30)7-16-18(17)10-5-14(23)15(24)6-11(10)19(28)26-16/h2-6,17H,7-8H2,1H3,(H,25,29)(H,26,28)/t17-,31+/m1/s1. The van der Waals surface area contributed by atoms with Gasteiger partial charge in [-0.2, -0.15) is 0 Å². The third kappa shape index (κ3) is 3.98. The monoisotopic (exact) mass is 469 g/mol. The Morgan fingerprint density at radius 2 is 1.87 bits per heavy atom. The summed E-state index contributed by atoms with van der Waals surface area (Å²) in [4.78, 5) is 29.0. The number of benzene rings is 2. The van der Waals surface area contributed by atoms with E-state index in [1.807, 2.05) is 0 Å². The number of halogens is 4. The summed E-state index contributed by atoms with van der Waals surface area (Å²) in [5.74, 6) is -2.92. The van der Waals surface area contributed by atoms with E-state index < -0.39 is 46.3 Å². The Balaban J connectivity index is 1.76. The quantitative estimate of drug-likeness (QED) is 0.555. The molecule has 2 N–H and O–H groups in total. The summed E-state index contributed by atoms with van der Waals surface area (Å²) in [5, 5.41) is 2.46. The second-order valence-corrected chi connectivity index (χ2v) is 9.00. The summed E-state index contributed by atoms with van der Waals surface area (Å²) in [6.07, 6.45) is 0. The number of carbonyl (C=O) groups is 1. The molecule has 6 nitrogen and oxygen atoms in total. The Labute approximate surface area is 182 Å². The van der Waals surface area contributed by atoms with Crippen molar-refractivity contribution in [2.75, 3.05) is 18.1 Å². The van der Waals surface area contributed by atoms with Crippen LogP contribution < -0.4 is 10.9 Å².